The molecule has 0 amide bonds. The first-order valence-electron chi connectivity index (χ1n) is 9.18. The second-order valence-corrected chi connectivity index (χ2v) is 6.44. The first-order valence-corrected chi connectivity index (χ1v) is 9.18. The second kappa shape index (κ2) is 8.48. The molecule has 0 saturated carbocycles. The van der Waals surface area contributed by atoms with Gasteiger partial charge < -0.3 is 9.47 Å². The number of hydrogen-bond acceptors (Lipinski definition) is 5. The van der Waals surface area contributed by atoms with Gasteiger partial charge in [-0.2, -0.15) is 0 Å². The van der Waals surface area contributed by atoms with Gasteiger partial charge in [-0.15, -0.1) is 0 Å². The van der Waals surface area contributed by atoms with Gasteiger partial charge in [0, 0.05) is 6.54 Å². The molecule has 0 N–H and O–H groups in total. The van der Waals surface area contributed by atoms with Crippen molar-refractivity contribution in [2.24, 2.45) is 5.41 Å². The minimum atomic E-state index is -1.23. The molecule has 1 aromatic rings. The normalized spacial score (nSPS) is 15.1. The van der Waals surface area contributed by atoms with Crippen LogP contribution < -0.4 is 0 Å². The van der Waals surface area contributed by atoms with Crippen molar-refractivity contribution in [3.8, 4) is 0 Å². The topological polar surface area (TPSA) is 55.8 Å². The van der Waals surface area contributed by atoms with E-state index in [-0.39, 0.29) is 13.2 Å². The largest absolute Gasteiger partial charge is 0.465 e. The Morgan fingerprint density at radius 2 is 1.52 bits per heavy atom. The first kappa shape index (κ1) is 19.4. The lowest BCUT2D eigenvalue weighted by Gasteiger charge is -2.24. The van der Waals surface area contributed by atoms with Gasteiger partial charge in [0.2, 0.25) is 0 Å². The molecule has 1 aliphatic carbocycles. The summed E-state index contributed by atoms with van der Waals surface area (Å²) in [5, 5.41) is 0. The van der Waals surface area contributed by atoms with Crippen LogP contribution in [-0.4, -0.2) is 43.1 Å². The van der Waals surface area contributed by atoms with Crippen LogP contribution in [0.2, 0.25) is 0 Å². The van der Waals surface area contributed by atoms with Crippen molar-refractivity contribution in [1.82, 2.24) is 4.90 Å². The van der Waals surface area contributed by atoms with Gasteiger partial charge >= 0.3 is 11.9 Å². The van der Waals surface area contributed by atoms with E-state index in [0.29, 0.717) is 12.8 Å². The van der Waals surface area contributed by atoms with Crippen molar-refractivity contribution in [2.75, 3.05) is 26.3 Å². The maximum Gasteiger partial charge on any atom is 0.324 e. The lowest BCUT2D eigenvalue weighted by atomic mass is 9.84. The van der Waals surface area contributed by atoms with E-state index < -0.39 is 17.4 Å². The Bertz CT molecular complexity index is 604. The molecule has 0 aliphatic heterocycles. The zero-order valence-corrected chi connectivity index (χ0v) is 15.8. The van der Waals surface area contributed by atoms with Crippen LogP contribution in [-0.2, 0) is 38.4 Å². The van der Waals surface area contributed by atoms with Gasteiger partial charge in [-0.3, -0.25) is 14.5 Å². The van der Waals surface area contributed by atoms with E-state index in [4.69, 9.17) is 9.47 Å². The van der Waals surface area contributed by atoms with Crippen molar-refractivity contribution in [1.29, 1.82) is 0 Å². The number of rotatable bonds is 8. The molecule has 0 aromatic heterocycles. The third kappa shape index (κ3) is 4.03. The number of carbonyl (C=O) groups is 2. The number of carbonyl (C=O) groups excluding carboxylic acids is 2. The van der Waals surface area contributed by atoms with Crippen LogP contribution >= 0.6 is 0 Å². The van der Waals surface area contributed by atoms with Crippen LogP contribution in [0.4, 0.5) is 0 Å². The Morgan fingerprint density at radius 3 is 2.04 bits per heavy atom. The van der Waals surface area contributed by atoms with Crippen molar-refractivity contribution < 1.29 is 19.1 Å². The molecular formula is C20H29NO4. The van der Waals surface area contributed by atoms with Crippen LogP contribution in [0.1, 0.15) is 44.4 Å². The summed E-state index contributed by atoms with van der Waals surface area (Å²) in [6.07, 6.45) is 0.706. The summed E-state index contributed by atoms with van der Waals surface area (Å²) >= 11 is 0. The predicted octanol–water partition coefficient (Wildman–Crippen LogP) is 2.74. The zero-order chi connectivity index (χ0) is 18.4. The van der Waals surface area contributed by atoms with Crippen molar-refractivity contribution >= 4 is 11.9 Å². The summed E-state index contributed by atoms with van der Waals surface area (Å²) in [6.45, 7) is 11.1. The molecule has 25 heavy (non-hydrogen) atoms. The summed E-state index contributed by atoms with van der Waals surface area (Å²) in [7, 11) is 0. The van der Waals surface area contributed by atoms with Crippen LogP contribution in [0.15, 0.2) is 18.2 Å². The number of benzene rings is 1. The molecular weight excluding hydrogens is 318 g/mol. The first-order chi connectivity index (χ1) is 12.0. The van der Waals surface area contributed by atoms with Gasteiger partial charge in [0.05, 0.1) is 13.2 Å². The van der Waals surface area contributed by atoms with Crippen LogP contribution in [0.25, 0.3) is 0 Å². The minimum Gasteiger partial charge on any atom is -0.465 e. The SMILES string of the molecule is CCOC(=O)C1(C(=O)OCC)Cc2ccc(CN(CC)CC)cc2C1. The molecule has 2 rings (SSSR count). The Labute approximate surface area is 150 Å². The summed E-state index contributed by atoms with van der Waals surface area (Å²) in [6, 6.07) is 6.24. The van der Waals surface area contributed by atoms with E-state index >= 15 is 0 Å². The van der Waals surface area contributed by atoms with E-state index in [1.807, 2.05) is 6.07 Å². The van der Waals surface area contributed by atoms with Gasteiger partial charge in [-0.05, 0) is 56.5 Å². The lowest BCUT2D eigenvalue weighted by molar-refractivity contribution is -0.171. The fraction of sp³-hybridized carbons (Fsp3) is 0.600. The number of esters is 2. The molecule has 0 unspecified atom stereocenters. The standard InChI is InChI=1S/C20H29NO4/c1-5-21(6-2)14-15-9-10-16-12-20(13-17(16)11-15,18(22)24-7-3)19(23)25-8-4/h9-11H,5-8,12-14H2,1-4H3. The third-order valence-electron chi connectivity index (χ3n) is 4.89. The van der Waals surface area contributed by atoms with Gasteiger partial charge in [-0.25, -0.2) is 0 Å². The minimum absolute atomic E-state index is 0.254. The van der Waals surface area contributed by atoms with E-state index in [1.54, 1.807) is 13.8 Å². The fourth-order valence-corrected chi connectivity index (χ4v) is 3.44. The maximum atomic E-state index is 12.6. The Balaban J connectivity index is 2.28. The van der Waals surface area contributed by atoms with Gasteiger partial charge in [0.15, 0.2) is 5.41 Å². The molecule has 5 heteroatoms. The molecule has 0 bridgehead atoms. The summed E-state index contributed by atoms with van der Waals surface area (Å²) in [5.41, 5.74) is 2.04. The fourth-order valence-electron chi connectivity index (χ4n) is 3.44. The molecule has 5 nitrogen and oxygen atoms in total. The highest BCUT2D eigenvalue weighted by Crippen LogP contribution is 2.40. The monoisotopic (exact) mass is 347 g/mol. The highest BCUT2D eigenvalue weighted by Gasteiger charge is 2.52. The Morgan fingerprint density at radius 1 is 0.960 bits per heavy atom. The van der Waals surface area contributed by atoms with Gasteiger partial charge in [0.25, 0.3) is 0 Å². The van der Waals surface area contributed by atoms with Crippen molar-refractivity contribution in [3.05, 3.63) is 34.9 Å². The number of ether oxygens (including phenoxy) is 2. The smallest absolute Gasteiger partial charge is 0.324 e. The quantitative estimate of drug-likeness (QED) is 0.535. The Hall–Kier alpha value is -1.88. The number of hydrogen-bond donors (Lipinski definition) is 0. The average molecular weight is 347 g/mol. The van der Waals surface area contributed by atoms with Crippen molar-refractivity contribution in [3.63, 3.8) is 0 Å². The predicted molar refractivity (Wildman–Crippen MR) is 96.2 cm³/mol. The van der Waals surface area contributed by atoms with Crippen LogP contribution in [0.5, 0.6) is 0 Å². The molecule has 0 heterocycles. The van der Waals surface area contributed by atoms with E-state index in [1.165, 1.54) is 5.56 Å². The summed E-state index contributed by atoms with van der Waals surface area (Å²) in [5.74, 6) is -0.954. The molecule has 138 valence electrons. The van der Waals surface area contributed by atoms with Gasteiger partial charge in [-0.1, -0.05) is 32.0 Å². The molecule has 0 atom stereocenters. The average Bonchev–Trinajstić information content (AvgIpc) is 3.00. The molecule has 0 spiro atoms. The molecule has 0 radical (unpaired) electrons. The van der Waals surface area contributed by atoms with Crippen LogP contribution in [0, 0.1) is 5.41 Å². The maximum absolute atomic E-state index is 12.6. The number of fused-ring (bicyclic) bond motifs is 1. The van der Waals surface area contributed by atoms with E-state index in [9.17, 15) is 9.59 Å². The number of nitrogens with zero attached hydrogens (tertiary/aromatic N) is 1. The molecule has 1 aliphatic rings. The van der Waals surface area contributed by atoms with Gasteiger partial charge in [0.1, 0.15) is 0 Å². The van der Waals surface area contributed by atoms with E-state index in [0.717, 1.165) is 30.8 Å². The molecule has 0 saturated heterocycles. The second-order valence-electron chi connectivity index (χ2n) is 6.44. The van der Waals surface area contributed by atoms with Crippen LogP contribution in [0.3, 0.4) is 0 Å². The Kier molecular flexibility index (Phi) is 6.59. The molecule has 1 aromatic carbocycles. The van der Waals surface area contributed by atoms with Crippen molar-refractivity contribution in [2.45, 2.75) is 47.1 Å². The summed E-state index contributed by atoms with van der Waals surface area (Å²) < 4.78 is 10.4. The highest BCUT2D eigenvalue weighted by molar-refractivity contribution is 6.01. The third-order valence-corrected chi connectivity index (χ3v) is 4.89. The lowest BCUT2D eigenvalue weighted by Crippen LogP contribution is -2.43. The highest BCUT2D eigenvalue weighted by atomic mass is 16.6. The summed E-state index contributed by atoms with van der Waals surface area (Å²) in [4.78, 5) is 27.5. The molecule has 0 fully saturated rings. The van der Waals surface area contributed by atoms with E-state index in [2.05, 4.69) is 30.9 Å². The zero-order valence-electron chi connectivity index (χ0n) is 15.8.